The van der Waals surface area contributed by atoms with Crippen LogP contribution < -0.4 is 0 Å². The van der Waals surface area contributed by atoms with E-state index in [2.05, 4.69) is 33.8 Å². The summed E-state index contributed by atoms with van der Waals surface area (Å²) in [4.78, 5) is 9.71. The molecule has 0 saturated carbocycles. The Morgan fingerprint density at radius 2 is 2.00 bits per heavy atom. The van der Waals surface area contributed by atoms with Gasteiger partial charge in [-0.15, -0.1) is 0 Å². The third kappa shape index (κ3) is 4.78. The molecule has 0 bridgehead atoms. The zero-order valence-electron chi connectivity index (χ0n) is 15.9. The maximum atomic E-state index is 5.60. The van der Waals surface area contributed by atoms with Crippen LogP contribution in [-0.4, -0.2) is 78.6 Å². The lowest BCUT2D eigenvalue weighted by Crippen LogP contribution is -2.56. The smallest absolute Gasteiger partial charge is 0.243 e. The van der Waals surface area contributed by atoms with Crippen LogP contribution in [0.25, 0.3) is 0 Å². The van der Waals surface area contributed by atoms with Crippen molar-refractivity contribution in [2.75, 3.05) is 53.1 Å². The number of hydrogen-bond donors (Lipinski definition) is 0. The number of aromatic nitrogens is 2. The minimum Gasteiger partial charge on any atom is -0.384 e. The standard InChI is InChI=1S/C18H32N4O3/c1-18(2,22-9-12-24-13-10-22)14-21-8-5-4-6-15(21)17-19-16(20-25-17)7-11-23-3/h15H,4-14H2,1-3H3/t15-/m1/s1. The number of methoxy groups -OCH3 is 1. The SMILES string of the molecule is COCCc1noc([C@H]2CCCCN2CC(C)(C)N2CCOCC2)n1. The van der Waals surface area contributed by atoms with Gasteiger partial charge in [0.05, 0.1) is 25.9 Å². The molecule has 25 heavy (non-hydrogen) atoms. The molecule has 0 aliphatic carbocycles. The van der Waals surface area contributed by atoms with Gasteiger partial charge in [-0.25, -0.2) is 0 Å². The van der Waals surface area contributed by atoms with E-state index in [4.69, 9.17) is 14.0 Å². The summed E-state index contributed by atoms with van der Waals surface area (Å²) in [6.45, 7) is 11.1. The van der Waals surface area contributed by atoms with Crippen LogP contribution in [0.3, 0.4) is 0 Å². The highest BCUT2D eigenvalue weighted by Gasteiger charge is 2.36. The summed E-state index contributed by atoms with van der Waals surface area (Å²) < 4.78 is 16.2. The number of nitrogens with zero attached hydrogens (tertiary/aromatic N) is 4. The largest absolute Gasteiger partial charge is 0.384 e. The van der Waals surface area contributed by atoms with Crippen LogP contribution in [0.5, 0.6) is 0 Å². The summed E-state index contributed by atoms with van der Waals surface area (Å²) in [5.74, 6) is 1.51. The van der Waals surface area contributed by atoms with Crippen LogP contribution in [0, 0.1) is 0 Å². The van der Waals surface area contributed by atoms with Crippen molar-refractivity contribution in [2.24, 2.45) is 0 Å². The van der Waals surface area contributed by atoms with Gasteiger partial charge in [0, 0.05) is 38.7 Å². The fraction of sp³-hybridized carbons (Fsp3) is 0.889. The number of rotatable bonds is 7. The summed E-state index contributed by atoms with van der Waals surface area (Å²) >= 11 is 0. The molecular formula is C18H32N4O3. The van der Waals surface area contributed by atoms with Crippen LogP contribution in [0.2, 0.25) is 0 Å². The minimum atomic E-state index is 0.109. The molecule has 3 rings (SSSR count). The van der Waals surface area contributed by atoms with E-state index in [1.165, 1.54) is 12.8 Å². The van der Waals surface area contributed by atoms with E-state index in [9.17, 15) is 0 Å². The van der Waals surface area contributed by atoms with Crippen molar-refractivity contribution in [3.8, 4) is 0 Å². The monoisotopic (exact) mass is 352 g/mol. The fourth-order valence-corrected chi connectivity index (χ4v) is 3.92. The lowest BCUT2D eigenvalue weighted by atomic mass is 9.96. The predicted octanol–water partition coefficient (Wildman–Crippen LogP) is 1.90. The first-order valence-corrected chi connectivity index (χ1v) is 9.48. The van der Waals surface area contributed by atoms with E-state index in [-0.39, 0.29) is 11.6 Å². The van der Waals surface area contributed by atoms with E-state index in [1.807, 2.05) is 0 Å². The Labute approximate surface area is 150 Å². The molecule has 0 amide bonds. The minimum absolute atomic E-state index is 0.109. The summed E-state index contributed by atoms with van der Waals surface area (Å²) in [6, 6.07) is 0.234. The Hall–Kier alpha value is -1.02. The Bertz CT molecular complexity index is 528. The second kappa shape index (κ2) is 8.58. The molecule has 0 aromatic carbocycles. The number of piperidine rings is 1. The van der Waals surface area contributed by atoms with Gasteiger partial charge in [0.25, 0.3) is 0 Å². The molecule has 2 aliphatic rings. The Morgan fingerprint density at radius 1 is 1.20 bits per heavy atom. The highest BCUT2D eigenvalue weighted by atomic mass is 16.5. The van der Waals surface area contributed by atoms with Gasteiger partial charge < -0.3 is 14.0 Å². The Morgan fingerprint density at radius 3 is 2.76 bits per heavy atom. The fourth-order valence-electron chi connectivity index (χ4n) is 3.92. The highest BCUT2D eigenvalue weighted by Crippen LogP contribution is 2.32. The number of morpholine rings is 1. The number of likely N-dealkylation sites (tertiary alicyclic amines) is 1. The van der Waals surface area contributed by atoms with Crippen molar-refractivity contribution in [3.63, 3.8) is 0 Å². The van der Waals surface area contributed by atoms with Crippen molar-refractivity contribution in [2.45, 2.75) is 51.1 Å². The predicted molar refractivity (Wildman–Crippen MR) is 94.5 cm³/mol. The topological polar surface area (TPSA) is 63.9 Å². The van der Waals surface area contributed by atoms with Crippen LogP contribution in [0.15, 0.2) is 4.52 Å². The Kier molecular flexibility index (Phi) is 6.44. The molecule has 1 aromatic heterocycles. The first-order valence-electron chi connectivity index (χ1n) is 9.48. The van der Waals surface area contributed by atoms with Crippen LogP contribution in [0.1, 0.15) is 50.9 Å². The molecule has 7 nitrogen and oxygen atoms in total. The first kappa shape index (κ1) is 18.8. The van der Waals surface area contributed by atoms with Crippen molar-refractivity contribution in [1.29, 1.82) is 0 Å². The Balaban J connectivity index is 1.66. The zero-order valence-corrected chi connectivity index (χ0v) is 15.9. The van der Waals surface area contributed by atoms with E-state index in [0.29, 0.717) is 13.0 Å². The molecule has 142 valence electrons. The van der Waals surface area contributed by atoms with E-state index in [1.54, 1.807) is 7.11 Å². The normalized spacial score (nSPS) is 23.9. The molecule has 3 heterocycles. The average Bonchev–Trinajstić information content (AvgIpc) is 3.09. The van der Waals surface area contributed by atoms with E-state index < -0.39 is 0 Å². The summed E-state index contributed by atoms with van der Waals surface area (Å²) in [7, 11) is 1.69. The zero-order chi connectivity index (χ0) is 17.7. The van der Waals surface area contributed by atoms with Gasteiger partial charge >= 0.3 is 0 Å². The molecule has 0 spiro atoms. The maximum Gasteiger partial charge on any atom is 0.243 e. The second-order valence-electron chi connectivity index (χ2n) is 7.69. The third-order valence-electron chi connectivity index (χ3n) is 5.37. The molecule has 1 aromatic rings. The van der Waals surface area contributed by atoms with Crippen molar-refractivity contribution in [3.05, 3.63) is 11.7 Å². The highest BCUT2D eigenvalue weighted by molar-refractivity contribution is 4.98. The molecule has 7 heteroatoms. The summed E-state index contributed by atoms with van der Waals surface area (Å²) in [5.41, 5.74) is 0.109. The molecule has 2 fully saturated rings. The lowest BCUT2D eigenvalue weighted by molar-refractivity contribution is -0.0321. The molecule has 0 N–H and O–H groups in total. The van der Waals surface area contributed by atoms with Gasteiger partial charge in [0.1, 0.15) is 0 Å². The number of ether oxygens (including phenoxy) is 2. The average molecular weight is 352 g/mol. The van der Waals surface area contributed by atoms with Crippen molar-refractivity contribution < 1.29 is 14.0 Å². The lowest BCUT2D eigenvalue weighted by Gasteiger charge is -2.45. The quantitative estimate of drug-likeness (QED) is 0.742. The van der Waals surface area contributed by atoms with Gasteiger partial charge in [-0.05, 0) is 33.2 Å². The second-order valence-corrected chi connectivity index (χ2v) is 7.69. The van der Waals surface area contributed by atoms with Crippen molar-refractivity contribution in [1.82, 2.24) is 19.9 Å². The van der Waals surface area contributed by atoms with E-state index in [0.717, 1.165) is 57.5 Å². The van der Waals surface area contributed by atoms with Gasteiger partial charge in [-0.3, -0.25) is 9.80 Å². The van der Waals surface area contributed by atoms with Gasteiger partial charge in [-0.2, -0.15) is 4.98 Å². The molecule has 0 unspecified atom stereocenters. The summed E-state index contributed by atoms with van der Waals surface area (Å²) in [6.07, 6.45) is 4.24. The van der Waals surface area contributed by atoms with Gasteiger partial charge in [-0.1, -0.05) is 11.6 Å². The molecule has 0 radical (unpaired) electrons. The van der Waals surface area contributed by atoms with E-state index >= 15 is 0 Å². The maximum absolute atomic E-state index is 5.60. The summed E-state index contributed by atoms with van der Waals surface area (Å²) in [5, 5.41) is 4.13. The van der Waals surface area contributed by atoms with Crippen LogP contribution >= 0.6 is 0 Å². The van der Waals surface area contributed by atoms with Crippen LogP contribution in [-0.2, 0) is 15.9 Å². The first-order chi connectivity index (χ1) is 12.1. The molecule has 2 aliphatic heterocycles. The molecular weight excluding hydrogens is 320 g/mol. The molecule has 2 saturated heterocycles. The number of hydrogen-bond acceptors (Lipinski definition) is 7. The molecule has 1 atom stereocenters. The van der Waals surface area contributed by atoms with Gasteiger partial charge in [0.2, 0.25) is 5.89 Å². The van der Waals surface area contributed by atoms with Crippen molar-refractivity contribution >= 4 is 0 Å². The van der Waals surface area contributed by atoms with Gasteiger partial charge in [0.15, 0.2) is 5.82 Å². The van der Waals surface area contributed by atoms with Crippen LogP contribution in [0.4, 0.5) is 0 Å². The third-order valence-corrected chi connectivity index (χ3v) is 5.37.